The zero-order chi connectivity index (χ0) is 30.5. The maximum atomic E-state index is 14.1. The highest BCUT2D eigenvalue weighted by Crippen LogP contribution is 2.32. The number of benzene rings is 2. The Morgan fingerprint density at radius 3 is 2.31 bits per heavy atom. The van der Waals surface area contributed by atoms with Gasteiger partial charge in [-0.25, -0.2) is 0 Å². The van der Waals surface area contributed by atoms with Gasteiger partial charge < -0.3 is 26.0 Å². The quantitative estimate of drug-likeness (QED) is 0.228. The van der Waals surface area contributed by atoms with Crippen LogP contribution in [0, 0.1) is 17.2 Å². The minimum absolute atomic E-state index is 0.163. The van der Waals surface area contributed by atoms with Crippen LogP contribution in [0.15, 0.2) is 60.7 Å². The second-order valence-corrected chi connectivity index (χ2v) is 11.6. The number of hydrogen-bond acceptors (Lipinski definition) is 6. The van der Waals surface area contributed by atoms with E-state index in [9.17, 15) is 19.5 Å². The van der Waals surface area contributed by atoms with Crippen LogP contribution in [0.2, 0.25) is 0 Å². The molecule has 0 aliphatic carbocycles. The number of likely N-dealkylation sites (tertiary alicyclic amines) is 1. The standard InChI is InChI=1S/C33H45N5O4/c1-24(2)22-33(37-25(3)39)17-20-38(32(33)42)29(16-15-26-11-6-4-7-12-26)31(41)36-28(21-27-13-8-5-9-14-27)30(40)23-35-19-10-18-34/h4-9,11-14,24,28-30,35,40H,10,15-17,19-23H2,1-3H3,(H,36,41)(H,37,39)/t28-,29?,30+,33?/m0/s1. The number of aliphatic hydroxyl groups is 1. The van der Waals surface area contributed by atoms with E-state index in [1.165, 1.54) is 6.92 Å². The first kappa shape index (κ1) is 32.8. The Kier molecular flexibility index (Phi) is 12.5. The van der Waals surface area contributed by atoms with Crippen molar-refractivity contribution >= 4 is 17.7 Å². The van der Waals surface area contributed by atoms with Crippen LogP contribution in [0.3, 0.4) is 0 Å². The molecule has 0 bridgehead atoms. The molecule has 2 aromatic carbocycles. The highest BCUT2D eigenvalue weighted by Gasteiger charge is 2.50. The van der Waals surface area contributed by atoms with Crippen molar-refractivity contribution in [2.45, 2.75) is 83.0 Å². The number of nitrogens with zero attached hydrogens (tertiary/aromatic N) is 2. The number of nitriles is 1. The van der Waals surface area contributed by atoms with E-state index in [0.29, 0.717) is 51.6 Å². The van der Waals surface area contributed by atoms with Gasteiger partial charge in [-0.1, -0.05) is 74.5 Å². The second kappa shape index (κ2) is 16.0. The van der Waals surface area contributed by atoms with Gasteiger partial charge in [0.1, 0.15) is 11.6 Å². The summed E-state index contributed by atoms with van der Waals surface area (Å²) in [5, 5.41) is 29.0. The number of hydrogen-bond donors (Lipinski definition) is 4. The van der Waals surface area contributed by atoms with Crippen LogP contribution < -0.4 is 16.0 Å². The molecule has 1 saturated heterocycles. The van der Waals surface area contributed by atoms with Crippen LogP contribution in [-0.4, -0.2) is 71.1 Å². The summed E-state index contributed by atoms with van der Waals surface area (Å²) in [6.45, 7) is 6.43. The summed E-state index contributed by atoms with van der Waals surface area (Å²) in [5.41, 5.74) is 0.970. The molecule has 1 aliphatic heterocycles. The third kappa shape index (κ3) is 9.40. The molecule has 0 radical (unpaired) electrons. The minimum Gasteiger partial charge on any atom is -0.390 e. The number of carbonyl (C=O) groups is 3. The lowest BCUT2D eigenvalue weighted by Crippen LogP contribution is -2.59. The number of aliphatic hydroxyl groups excluding tert-OH is 1. The highest BCUT2D eigenvalue weighted by molar-refractivity contribution is 5.96. The van der Waals surface area contributed by atoms with Crippen LogP contribution in [0.25, 0.3) is 0 Å². The average molecular weight is 576 g/mol. The first-order valence-electron chi connectivity index (χ1n) is 14.9. The van der Waals surface area contributed by atoms with Crippen LogP contribution in [0.1, 0.15) is 57.6 Å². The van der Waals surface area contributed by atoms with E-state index in [2.05, 4.69) is 22.0 Å². The van der Waals surface area contributed by atoms with Crippen molar-refractivity contribution in [2.75, 3.05) is 19.6 Å². The minimum atomic E-state index is -1.04. The van der Waals surface area contributed by atoms with Crippen molar-refractivity contribution in [2.24, 2.45) is 5.92 Å². The average Bonchev–Trinajstić information content (AvgIpc) is 3.25. The molecule has 2 aromatic rings. The molecule has 0 saturated carbocycles. The van der Waals surface area contributed by atoms with E-state index >= 15 is 0 Å². The number of aryl methyl sites for hydroxylation is 1. The molecule has 0 aromatic heterocycles. The molecule has 2 unspecified atom stereocenters. The third-order valence-corrected chi connectivity index (χ3v) is 7.71. The van der Waals surface area contributed by atoms with E-state index < -0.39 is 23.7 Å². The molecule has 226 valence electrons. The Morgan fingerprint density at radius 1 is 1.07 bits per heavy atom. The van der Waals surface area contributed by atoms with Gasteiger partial charge in [0.15, 0.2) is 0 Å². The summed E-state index contributed by atoms with van der Waals surface area (Å²) in [5.74, 6) is -0.681. The summed E-state index contributed by atoms with van der Waals surface area (Å²) in [4.78, 5) is 41.9. The smallest absolute Gasteiger partial charge is 0.249 e. The largest absolute Gasteiger partial charge is 0.390 e. The molecule has 4 atom stereocenters. The molecule has 1 fully saturated rings. The monoisotopic (exact) mass is 575 g/mol. The zero-order valence-electron chi connectivity index (χ0n) is 25.0. The van der Waals surface area contributed by atoms with Crippen molar-refractivity contribution < 1.29 is 19.5 Å². The molecule has 1 aliphatic rings. The van der Waals surface area contributed by atoms with Gasteiger partial charge in [-0.2, -0.15) is 5.26 Å². The Bertz CT molecular complexity index is 1200. The van der Waals surface area contributed by atoms with Gasteiger partial charge in [0.05, 0.1) is 18.2 Å². The first-order chi connectivity index (χ1) is 20.1. The van der Waals surface area contributed by atoms with E-state index in [1.807, 2.05) is 74.5 Å². The van der Waals surface area contributed by atoms with Gasteiger partial charge in [-0.15, -0.1) is 0 Å². The predicted molar refractivity (Wildman–Crippen MR) is 162 cm³/mol. The van der Waals surface area contributed by atoms with Gasteiger partial charge in [-0.3, -0.25) is 14.4 Å². The van der Waals surface area contributed by atoms with Gasteiger partial charge in [-0.05, 0) is 49.1 Å². The summed E-state index contributed by atoms with van der Waals surface area (Å²) in [7, 11) is 0. The van der Waals surface area contributed by atoms with Crippen molar-refractivity contribution in [1.29, 1.82) is 5.26 Å². The Hall–Kier alpha value is -3.74. The van der Waals surface area contributed by atoms with Crippen molar-refractivity contribution in [3.8, 4) is 6.07 Å². The fourth-order valence-electron chi connectivity index (χ4n) is 5.83. The van der Waals surface area contributed by atoms with Gasteiger partial charge >= 0.3 is 0 Å². The number of amides is 3. The third-order valence-electron chi connectivity index (χ3n) is 7.71. The van der Waals surface area contributed by atoms with E-state index in [1.54, 1.807) is 4.90 Å². The summed E-state index contributed by atoms with van der Waals surface area (Å²) >= 11 is 0. The molecule has 3 rings (SSSR count). The predicted octanol–water partition coefficient (Wildman–Crippen LogP) is 2.73. The van der Waals surface area contributed by atoms with Crippen LogP contribution >= 0.6 is 0 Å². The Labute approximate surface area is 249 Å². The first-order valence-corrected chi connectivity index (χ1v) is 14.9. The maximum Gasteiger partial charge on any atom is 0.249 e. The molecule has 9 nitrogen and oxygen atoms in total. The molecule has 9 heteroatoms. The van der Waals surface area contributed by atoms with Gasteiger partial charge in [0.25, 0.3) is 0 Å². The fraction of sp³-hybridized carbons (Fsp3) is 0.515. The Balaban J connectivity index is 1.87. The zero-order valence-corrected chi connectivity index (χ0v) is 25.0. The molecule has 1 heterocycles. The number of rotatable bonds is 16. The second-order valence-electron chi connectivity index (χ2n) is 11.6. The lowest BCUT2D eigenvalue weighted by Gasteiger charge is -2.34. The number of nitrogens with one attached hydrogen (secondary N) is 3. The van der Waals surface area contributed by atoms with Gasteiger partial charge in [0, 0.05) is 33.0 Å². The molecule has 0 spiro atoms. The highest BCUT2D eigenvalue weighted by atomic mass is 16.3. The molecule has 42 heavy (non-hydrogen) atoms. The maximum absolute atomic E-state index is 14.1. The molecule has 4 N–H and O–H groups in total. The van der Waals surface area contributed by atoms with E-state index in [0.717, 1.165) is 11.1 Å². The molecule has 3 amide bonds. The van der Waals surface area contributed by atoms with Crippen molar-refractivity contribution in [3.63, 3.8) is 0 Å². The van der Waals surface area contributed by atoms with E-state index in [4.69, 9.17) is 5.26 Å². The summed E-state index contributed by atoms with van der Waals surface area (Å²) in [6.07, 6.45) is 1.69. The van der Waals surface area contributed by atoms with Crippen LogP contribution in [0.5, 0.6) is 0 Å². The van der Waals surface area contributed by atoms with Crippen molar-refractivity contribution in [3.05, 3.63) is 71.8 Å². The Morgan fingerprint density at radius 2 is 1.71 bits per heavy atom. The summed E-state index contributed by atoms with van der Waals surface area (Å²) in [6, 6.07) is 20.1. The fourth-order valence-corrected chi connectivity index (χ4v) is 5.83. The molecular weight excluding hydrogens is 530 g/mol. The van der Waals surface area contributed by atoms with Crippen molar-refractivity contribution in [1.82, 2.24) is 20.9 Å². The normalized spacial score (nSPS) is 18.8. The lowest BCUT2D eigenvalue weighted by atomic mass is 9.87. The summed E-state index contributed by atoms with van der Waals surface area (Å²) < 4.78 is 0. The lowest BCUT2D eigenvalue weighted by molar-refractivity contribution is -0.143. The SMILES string of the molecule is CC(=O)NC1(CC(C)C)CCN(C(CCc2ccccc2)C(=O)N[C@@H](Cc2ccccc2)[C@H](O)CNCCC#N)C1=O. The topological polar surface area (TPSA) is 135 Å². The van der Waals surface area contributed by atoms with Gasteiger partial charge in [0.2, 0.25) is 17.7 Å². The number of carbonyl (C=O) groups excluding carboxylic acids is 3. The van der Waals surface area contributed by atoms with E-state index in [-0.39, 0.29) is 30.2 Å². The van der Waals surface area contributed by atoms with Crippen LogP contribution in [-0.2, 0) is 27.2 Å². The molecular formula is C33H45N5O4. The van der Waals surface area contributed by atoms with Crippen LogP contribution in [0.4, 0.5) is 0 Å².